The Morgan fingerprint density at radius 2 is 1.97 bits per heavy atom. The molecule has 2 aromatic carbocycles. The van der Waals surface area contributed by atoms with E-state index in [2.05, 4.69) is 76.7 Å². The first-order valence-corrected chi connectivity index (χ1v) is 10.5. The van der Waals surface area contributed by atoms with E-state index in [-0.39, 0.29) is 0 Å². The van der Waals surface area contributed by atoms with Crippen molar-refractivity contribution >= 4 is 25.5 Å². The summed E-state index contributed by atoms with van der Waals surface area (Å²) in [5.74, 6) is 2.18. The minimum atomic E-state index is 0.328. The van der Waals surface area contributed by atoms with Crippen molar-refractivity contribution in [3.05, 3.63) is 89.5 Å². The molecular weight excluding hydrogens is 369 g/mol. The summed E-state index contributed by atoms with van der Waals surface area (Å²) in [5.41, 5.74) is 5.83. The molecule has 1 aliphatic rings. The third kappa shape index (κ3) is 3.61. The zero-order valence-corrected chi connectivity index (χ0v) is 17.4. The lowest BCUT2D eigenvalue weighted by molar-refractivity contribution is 0.445. The normalized spacial score (nSPS) is 16.1. The number of imidazole rings is 1. The third-order valence-electron chi connectivity index (χ3n) is 5.73. The van der Waals surface area contributed by atoms with E-state index in [9.17, 15) is 0 Å². The number of aryl methyl sites for hydroxylation is 2. The Hall–Kier alpha value is -3.41. The molecule has 6 heteroatoms. The van der Waals surface area contributed by atoms with E-state index in [1.54, 1.807) is 0 Å². The number of benzene rings is 2. The lowest BCUT2D eigenvalue weighted by atomic mass is 9.91. The summed E-state index contributed by atoms with van der Waals surface area (Å²) in [6, 6.07) is 17.1. The highest BCUT2D eigenvalue weighted by atomic mass is 15.4. The molecule has 0 spiro atoms. The molecule has 3 heterocycles. The van der Waals surface area contributed by atoms with E-state index in [1.165, 1.54) is 11.0 Å². The lowest BCUT2D eigenvalue weighted by Crippen LogP contribution is -2.17. The predicted octanol–water partition coefficient (Wildman–Crippen LogP) is 3.13. The average molecular weight is 393 g/mol. The first kappa shape index (κ1) is 18.6. The van der Waals surface area contributed by atoms with Crippen molar-refractivity contribution in [2.24, 2.45) is 0 Å². The molecule has 0 saturated carbocycles. The van der Waals surface area contributed by atoms with E-state index in [1.807, 2.05) is 25.5 Å². The van der Waals surface area contributed by atoms with Gasteiger partial charge >= 0.3 is 0 Å². The van der Waals surface area contributed by atoms with Gasteiger partial charge in [0.2, 0.25) is 0 Å². The fraction of sp³-hybridized carbons (Fsp3) is 0.208. The topological polar surface area (TPSA) is 48.5 Å². The van der Waals surface area contributed by atoms with Crippen molar-refractivity contribution in [2.45, 2.75) is 32.2 Å². The molecule has 0 amide bonds. The molecule has 4 aromatic rings. The van der Waals surface area contributed by atoms with E-state index < -0.39 is 0 Å². The highest BCUT2D eigenvalue weighted by molar-refractivity contribution is 6.34. The molecule has 0 aliphatic carbocycles. The highest BCUT2D eigenvalue weighted by Crippen LogP contribution is 2.32. The first-order valence-electron chi connectivity index (χ1n) is 10.5. The summed E-state index contributed by atoms with van der Waals surface area (Å²) in [7, 11) is 2.13. The van der Waals surface area contributed by atoms with Gasteiger partial charge in [0.1, 0.15) is 13.7 Å². The lowest BCUT2D eigenvalue weighted by Gasteiger charge is -2.22. The number of aromatic nitrogens is 5. The number of nitrogens with zero attached hydrogens (tertiary/aromatic N) is 5. The van der Waals surface area contributed by atoms with Gasteiger partial charge in [-0.3, -0.25) is 0 Å². The Morgan fingerprint density at radius 1 is 1.10 bits per heavy atom. The number of rotatable bonds is 4. The van der Waals surface area contributed by atoms with Crippen molar-refractivity contribution in [3.8, 4) is 5.69 Å². The largest absolute Gasteiger partial charge is 0.307 e. The molecule has 0 radical (unpaired) electrons. The first-order chi connectivity index (χ1) is 14.7. The molecule has 30 heavy (non-hydrogen) atoms. The number of hydrogen-bond acceptors (Lipinski definition) is 3. The quantitative estimate of drug-likeness (QED) is 0.501. The van der Waals surface area contributed by atoms with Crippen LogP contribution in [0.3, 0.4) is 0 Å². The smallest absolute Gasteiger partial charge is 0.174 e. The molecule has 0 N–H and O–H groups in total. The van der Waals surface area contributed by atoms with Gasteiger partial charge in [0, 0.05) is 24.3 Å². The van der Waals surface area contributed by atoms with Gasteiger partial charge in [-0.25, -0.2) is 14.6 Å². The summed E-state index contributed by atoms with van der Waals surface area (Å²) in [6.07, 6.45) is 10.3. The average Bonchev–Trinajstić information content (AvgIpc) is 3.38. The van der Waals surface area contributed by atoms with Crippen LogP contribution in [0.25, 0.3) is 17.8 Å². The molecular formula is C24H24BN5. The minimum Gasteiger partial charge on any atom is -0.307 e. The maximum atomic E-state index is 4.87. The molecule has 0 unspecified atom stereocenters. The van der Waals surface area contributed by atoms with Crippen LogP contribution in [-0.2, 0) is 6.54 Å². The molecule has 2 aromatic heterocycles. The molecule has 1 atom stereocenters. The van der Waals surface area contributed by atoms with Gasteiger partial charge in [-0.15, -0.1) is 0 Å². The fourth-order valence-electron chi connectivity index (χ4n) is 4.24. The molecule has 5 rings (SSSR count). The van der Waals surface area contributed by atoms with Crippen LogP contribution < -0.4 is 5.46 Å². The summed E-state index contributed by atoms with van der Waals surface area (Å²) in [4.78, 5) is 9.19. The zero-order chi connectivity index (χ0) is 20.5. The highest BCUT2D eigenvalue weighted by Gasteiger charge is 2.25. The van der Waals surface area contributed by atoms with Crippen LogP contribution >= 0.6 is 0 Å². The standard InChI is InChI=1S/C24H24BN5/c1-17-15-29(16-26-17)22-11-9-18(14-21(22)25)10-12-23-27-24-20(8-5-13-30(24)28-23)19-6-3-2-4-7-19/h2-4,6-7,9-12,14-16,20H,5,8,13,25H2,1H3/b12-10+/t20-/m0/s1. The van der Waals surface area contributed by atoms with E-state index in [0.717, 1.165) is 48.0 Å². The summed E-state index contributed by atoms with van der Waals surface area (Å²) >= 11 is 0. The summed E-state index contributed by atoms with van der Waals surface area (Å²) in [5, 5.41) is 4.74. The third-order valence-corrected chi connectivity index (χ3v) is 5.73. The van der Waals surface area contributed by atoms with Crippen LogP contribution in [0.4, 0.5) is 0 Å². The van der Waals surface area contributed by atoms with Gasteiger partial charge in [-0.05, 0) is 43.0 Å². The van der Waals surface area contributed by atoms with Crippen molar-refractivity contribution in [2.75, 3.05) is 0 Å². The molecule has 0 fully saturated rings. The van der Waals surface area contributed by atoms with Crippen LogP contribution in [0.2, 0.25) is 0 Å². The second kappa shape index (κ2) is 7.79. The Labute approximate surface area is 177 Å². The molecule has 0 saturated heterocycles. The Bertz CT molecular complexity index is 1210. The molecule has 148 valence electrons. The predicted molar refractivity (Wildman–Crippen MR) is 123 cm³/mol. The van der Waals surface area contributed by atoms with Crippen LogP contribution in [0.1, 0.15) is 47.2 Å². The van der Waals surface area contributed by atoms with Crippen molar-refractivity contribution in [3.63, 3.8) is 0 Å². The Balaban J connectivity index is 1.39. The van der Waals surface area contributed by atoms with Crippen LogP contribution in [-0.4, -0.2) is 32.2 Å². The van der Waals surface area contributed by atoms with Gasteiger partial charge < -0.3 is 4.57 Å². The maximum Gasteiger partial charge on any atom is 0.174 e. The second-order valence-corrected chi connectivity index (χ2v) is 7.96. The molecule has 5 nitrogen and oxygen atoms in total. The summed E-state index contributed by atoms with van der Waals surface area (Å²) in [6.45, 7) is 2.94. The Morgan fingerprint density at radius 3 is 2.73 bits per heavy atom. The van der Waals surface area contributed by atoms with E-state index in [4.69, 9.17) is 10.1 Å². The van der Waals surface area contributed by atoms with E-state index >= 15 is 0 Å². The van der Waals surface area contributed by atoms with Gasteiger partial charge in [0.05, 0.1) is 12.0 Å². The number of fused-ring (bicyclic) bond motifs is 1. The van der Waals surface area contributed by atoms with E-state index in [0.29, 0.717) is 5.92 Å². The van der Waals surface area contributed by atoms with Crippen molar-refractivity contribution < 1.29 is 0 Å². The van der Waals surface area contributed by atoms with Crippen LogP contribution in [0.15, 0.2) is 61.1 Å². The van der Waals surface area contributed by atoms with Crippen LogP contribution in [0, 0.1) is 6.92 Å². The minimum absolute atomic E-state index is 0.328. The maximum absolute atomic E-state index is 4.87. The SMILES string of the molecule is Bc1cc(/C=C/c2nc3n(n2)CCC[C@H]3c2ccccc2)ccc1-n1cnc(C)c1. The second-order valence-electron chi connectivity index (χ2n) is 7.96. The van der Waals surface area contributed by atoms with Crippen molar-refractivity contribution in [1.29, 1.82) is 0 Å². The monoisotopic (exact) mass is 393 g/mol. The fourth-order valence-corrected chi connectivity index (χ4v) is 4.24. The summed E-state index contributed by atoms with van der Waals surface area (Å²) < 4.78 is 4.14. The van der Waals surface area contributed by atoms with Gasteiger partial charge in [-0.1, -0.05) is 54.0 Å². The van der Waals surface area contributed by atoms with Gasteiger partial charge in [0.15, 0.2) is 5.82 Å². The zero-order valence-electron chi connectivity index (χ0n) is 17.4. The molecule has 0 bridgehead atoms. The van der Waals surface area contributed by atoms with Gasteiger partial charge in [-0.2, -0.15) is 5.10 Å². The van der Waals surface area contributed by atoms with Gasteiger partial charge in [0.25, 0.3) is 0 Å². The number of hydrogen-bond donors (Lipinski definition) is 0. The Kier molecular flexibility index (Phi) is 4.83. The molecule has 1 aliphatic heterocycles. The van der Waals surface area contributed by atoms with Crippen LogP contribution in [0.5, 0.6) is 0 Å². The van der Waals surface area contributed by atoms with Crippen molar-refractivity contribution in [1.82, 2.24) is 24.3 Å².